The van der Waals surface area contributed by atoms with E-state index in [4.69, 9.17) is 6.42 Å². The Kier molecular flexibility index (Phi) is 3.97. The number of halogens is 3. The zero-order valence-corrected chi connectivity index (χ0v) is 8.81. The molecular weight excluding hydrogens is 215 g/mol. The van der Waals surface area contributed by atoms with E-state index in [0.29, 0.717) is 12.1 Å². The van der Waals surface area contributed by atoms with Crippen LogP contribution in [0.5, 0.6) is 0 Å². The van der Waals surface area contributed by atoms with Crippen molar-refractivity contribution in [1.82, 2.24) is 5.32 Å². The first-order valence-electron chi connectivity index (χ1n) is 4.85. The lowest BCUT2D eigenvalue weighted by Gasteiger charge is -2.13. The summed E-state index contributed by atoms with van der Waals surface area (Å²) in [4.78, 5) is 0. The minimum absolute atomic E-state index is 0.340. The van der Waals surface area contributed by atoms with Gasteiger partial charge in [0, 0.05) is 0 Å². The van der Waals surface area contributed by atoms with E-state index in [9.17, 15) is 13.2 Å². The Morgan fingerprint density at radius 3 is 2.25 bits per heavy atom. The van der Waals surface area contributed by atoms with Crippen molar-refractivity contribution in [3.8, 4) is 12.3 Å². The molecule has 1 atom stereocenters. The van der Waals surface area contributed by atoms with Crippen molar-refractivity contribution in [1.29, 1.82) is 0 Å². The fourth-order valence-corrected chi connectivity index (χ4v) is 1.34. The van der Waals surface area contributed by atoms with Gasteiger partial charge in [-0.2, -0.15) is 13.2 Å². The van der Waals surface area contributed by atoms with Crippen LogP contribution in [0.15, 0.2) is 24.3 Å². The fraction of sp³-hybridized carbons (Fsp3) is 0.333. The van der Waals surface area contributed by atoms with Gasteiger partial charge in [0.25, 0.3) is 0 Å². The van der Waals surface area contributed by atoms with Crippen LogP contribution in [-0.2, 0) is 6.18 Å². The number of hydrogen-bond acceptors (Lipinski definition) is 1. The molecule has 0 aliphatic carbocycles. The Balaban J connectivity index is 2.90. The molecule has 1 N–H and O–H groups in total. The lowest BCUT2D eigenvalue weighted by Crippen LogP contribution is -2.19. The second-order valence-corrected chi connectivity index (χ2v) is 3.28. The van der Waals surface area contributed by atoms with Crippen LogP contribution in [-0.4, -0.2) is 6.54 Å². The topological polar surface area (TPSA) is 12.0 Å². The van der Waals surface area contributed by atoms with Crippen LogP contribution >= 0.6 is 0 Å². The highest BCUT2D eigenvalue weighted by molar-refractivity contribution is 5.30. The average Bonchev–Trinajstić information content (AvgIpc) is 2.25. The summed E-state index contributed by atoms with van der Waals surface area (Å²) in [5, 5.41) is 2.99. The van der Waals surface area contributed by atoms with Gasteiger partial charge in [-0.1, -0.05) is 25.0 Å². The van der Waals surface area contributed by atoms with Crippen LogP contribution in [0.25, 0.3) is 0 Å². The Bertz CT molecular complexity index is 373. The SMILES string of the molecule is C#CC(NCC)c1ccc(C(F)(F)F)cc1. The van der Waals surface area contributed by atoms with Gasteiger partial charge in [-0.25, -0.2) is 0 Å². The smallest absolute Gasteiger partial charge is 0.300 e. The van der Waals surface area contributed by atoms with Crippen molar-refractivity contribution in [2.24, 2.45) is 0 Å². The standard InChI is InChI=1S/C12H12F3N/c1-3-11(16-4-2)9-5-7-10(8-6-9)12(13,14)15/h1,5-8,11,16H,4H2,2H3. The molecule has 0 aromatic heterocycles. The molecule has 0 bridgehead atoms. The summed E-state index contributed by atoms with van der Waals surface area (Å²) in [7, 11) is 0. The third kappa shape index (κ3) is 3.01. The lowest BCUT2D eigenvalue weighted by atomic mass is 10.1. The Morgan fingerprint density at radius 1 is 1.31 bits per heavy atom. The van der Waals surface area contributed by atoms with Crippen LogP contribution in [0.1, 0.15) is 24.1 Å². The molecule has 0 aliphatic heterocycles. The molecule has 1 rings (SSSR count). The van der Waals surface area contributed by atoms with Gasteiger partial charge in [-0.15, -0.1) is 6.42 Å². The van der Waals surface area contributed by atoms with E-state index in [1.54, 1.807) is 0 Å². The first kappa shape index (κ1) is 12.6. The summed E-state index contributed by atoms with van der Waals surface area (Å²) in [5.41, 5.74) is 0.000805. The third-order valence-electron chi connectivity index (χ3n) is 2.15. The van der Waals surface area contributed by atoms with Crippen molar-refractivity contribution < 1.29 is 13.2 Å². The summed E-state index contributed by atoms with van der Waals surface area (Å²) in [6.45, 7) is 2.55. The predicted molar refractivity (Wildman–Crippen MR) is 56.7 cm³/mol. The number of benzene rings is 1. The van der Waals surface area contributed by atoms with Crippen molar-refractivity contribution >= 4 is 0 Å². The molecule has 0 radical (unpaired) electrons. The van der Waals surface area contributed by atoms with E-state index in [-0.39, 0.29) is 6.04 Å². The van der Waals surface area contributed by atoms with Crippen molar-refractivity contribution in [3.63, 3.8) is 0 Å². The second-order valence-electron chi connectivity index (χ2n) is 3.28. The molecule has 0 fully saturated rings. The van der Waals surface area contributed by atoms with Gasteiger partial charge in [0.15, 0.2) is 0 Å². The van der Waals surface area contributed by atoms with Crippen LogP contribution in [0.3, 0.4) is 0 Å². The summed E-state index contributed by atoms with van der Waals surface area (Å²) < 4.78 is 36.9. The first-order valence-corrected chi connectivity index (χ1v) is 4.85. The molecule has 0 heterocycles. The Labute approximate surface area is 92.7 Å². The molecule has 1 aromatic carbocycles. The molecule has 0 amide bonds. The number of alkyl halides is 3. The first-order chi connectivity index (χ1) is 7.49. The molecule has 86 valence electrons. The molecule has 0 saturated carbocycles. The maximum Gasteiger partial charge on any atom is 0.416 e. The van der Waals surface area contributed by atoms with Gasteiger partial charge in [0.2, 0.25) is 0 Å². The van der Waals surface area contributed by atoms with E-state index in [1.807, 2.05) is 6.92 Å². The molecule has 4 heteroatoms. The van der Waals surface area contributed by atoms with E-state index >= 15 is 0 Å². The molecule has 0 spiro atoms. The fourth-order valence-electron chi connectivity index (χ4n) is 1.34. The van der Waals surface area contributed by atoms with Crippen LogP contribution in [0.2, 0.25) is 0 Å². The Hall–Kier alpha value is -1.47. The van der Waals surface area contributed by atoms with Gasteiger partial charge >= 0.3 is 6.18 Å². The zero-order valence-electron chi connectivity index (χ0n) is 8.81. The van der Waals surface area contributed by atoms with Gasteiger partial charge in [-0.3, -0.25) is 0 Å². The van der Waals surface area contributed by atoms with Crippen LogP contribution in [0, 0.1) is 12.3 Å². The minimum atomic E-state index is -4.30. The maximum absolute atomic E-state index is 12.3. The van der Waals surface area contributed by atoms with E-state index in [2.05, 4.69) is 11.2 Å². The number of rotatable bonds is 3. The van der Waals surface area contributed by atoms with Crippen molar-refractivity contribution in [2.75, 3.05) is 6.54 Å². The monoisotopic (exact) mass is 227 g/mol. The van der Waals surface area contributed by atoms with Crippen LogP contribution < -0.4 is 5.32 Å². The van der Waals surface area contributed by atoms with Crippen molar-refractivity contribution in [3.05, 3.63) is 35.4 Å². The maximum atomic E-state index is 12.3. The molecule has 16 heavy (non-hydrogen) atoms. The highest BCUT2D eigenvalue weighted by Crippen LogP contribution is 2.29. The number of hydrogen-bond donors (Lipinski definition) is 1. The summed E-state index contributed by atoms with van der Waals surface area (Å²) in [6, 6.07) is 4.53. The van der Waals surface area contributed by atoms with E-state index in [1.165, 1.54) is 12.1 Å². The van der Waals surface area contributed by atoms with Gasteiger partial charge in [-0.05, 0) is 24.2 Å². The minimum Gasteiger partial charge on any atom is -0.300 e. The highest BCUT2D eigenvalue weighted by atomic mass is 19.4. The van der Waals surface area contributed by atoms with Gasteiger partial charge in [0.05, 0.1) is 11.6 Å². The van der Waals surface area contributed by atoms with Crippen LogP contribution in [0.4, 0.5) is 13.2 Å². The molecular formula is C12H12F3N. The van der Waals surface area contributed by atoms with Gasteiger partial charge in [0.1, 0.15) is 0 Å². The normalized spacial score (nSPS) is 13.2. The average molecular weight is 227 g/mol. The van der Waals surface area contributed by atoms with E-state index in [0.717, 1.165) is 12.1 Å². The lowest BCUT2D eigenvalue weighted by molar-refractivity contribution is -0.137. The summed E-state index contributed by atoms with van der Waals surface area (Å²) >= 11 is 0. The quantitative estimate of drug-likeness (QED) is 0.783. The summed E-state index contributed by atoms with van der Waals surface area (Å²) in [5.74, 6) is 2.49. The largest absolute Gasteiger partial charge is 0.416 e. The second kappa shape index (κ2) is 5.04. The predicted octanol–water partition coefficient (Wildman–Crippen LogP) is 2.99. The molecule has 0 aliphatic rings. The molecule has 1 aromatic rings. The van der Waals surface area contributed by atoms with Crippen molar-refractivity contribution in [2.45, 2.75) is 19.1 Å². The third-order valence-corrected chi connectivity index (χ3v) is 2.15. The Morgan fingerprint density at radius 2 is 1.88 bits per heavy atom. The summed E-state index contributed by atoms with van der Waals surface area (Å²) in [6.07, 6.45) is 0.977. The van der Waals surface area contributed by atoms with Gasteiger partial charge < -0.3 is 5.32 Å². The zero-order chi connectivity index (χ0) is 12.2. The molecule has 0 saturated heterocycles. The number of terminal acetylenes is 1. The molecule has 1 nitrogen and oxygen atoms in total. The van der Waals surface area contributed by atoms with E-state index < -0.39 is 11.7 Å². The number of nitrogens with one attached hydrogen (secondary N) is 1. The molecule has 1 unspecified atom stereocenters. The highest BCUT2D eigenvalue weighted by Gasteiger charge is 2.30.